The average molecular weight is 283 g/mol. The molecule has 0 heterocycles. The summed E-state index contributed by atoms with van der Waals surface area (Å²) in [4.78, 5) is 0.251. The molecule has 0 unspecified atom stereocenters. The number of nitrogens with one attached hydrogen (secondary N) is 1. The van der Waals surface area contributed by atoms with Crippen LogP contribution in [0.3, 0.4) is 0 Å². The molecule has 0 aliphatic heterocycles. The number of hydrogen-bond acceptors (Lipinski definition) is 3. The van der Waals surface area contributed by atoms with Crippen LogP contribution >= 0.6 is 0 Å². The summed E-state index contributed by atoms with van der Waals surface area (Å²) in [5, 5.41) is 0. The maximum absolute atomic E-state index is 12.4. The van der Waals surface area contributed by atoms with E-state index in [0.717, 1.165) is 37.7 Å². The molecule has 0 atom stereocenters. The van der Waals surface area contributed by atoms with E-state index in [9.17, 15) is 8.42 Å². The van der Waals surface area contributed by atoms with Gasteiger partial charge in [-0.2, -0.15) is 0 Å². The fraction of sp³-hybridized carbons (Fsp3) is 0.571. The monoisotopic (exact) mass is 283 g/mol. The van der Waals surface area contributed by atoms with Gasteiger partial charge in [-0.1, -0.05) is 25.8 Å². The fourth-order valence-electron chi connectivity index (χ4n) is 2.48. The maximum atomic E-state index is 12.4. The summed E-state index contributed by atoms with van der Waals surface area (Å²) in [7, 11) is -2.00. The Hall–Kier alpha value is -1.07. The van der Waals surface area contributed by atoms with Crippen molar-refractivity contribution in [2.45, 2.75) is 50.0 Å². The highest BCUT2D eigenvalue weighted by atomic mass is 32.2. The molecule has 1 N–H and O–H groups in total. The van der Waals surface area contributed by atoms with Crippen molar-refractivity contribution >= 4 is 10.0 Å². The summed E-state index contributed by atoms with van der Waals surface area (Å²) in [6, 6.07) is 5.39. The molecule has 1 aliphatic carbocycles. The Balaban J connectivity index is 2.32. The standard InChI is InChI=1S/C14H21NO3S/c1-3-11-8-9-13(18-2)14(10-11)19(16,17)15-12-6-4-5-7-12/h8-10,12,15H,3-7H2,1-2H3. The van der Waals surface area contributed by atoms with E-state index >= 15 is 0 Å². The number of ether oxygens (including phenoxy) is 1. The van der Waals surface area contributed by atoms with Gasteiger partial charge in [0.1, 0.15) is 10.6 Å². The number of aryl methyl sites for hydroxylation is 1. The Bertz CT molecular complexity index is 534. The van der Waals surface area contributed by atoms with Gasteiger partial charge in [0.25, 0.3) is 0 Å². The molecule has 0 saturated heterocycles. The lowest BCUT2D eigenvalue weighted by Gasteiger charge is -2.15. The first kappa shape index (κ1) is 14.3. The Morgan fingerprint density at radius 1 is 1.32 bits per heavy atom. The van der Waals surface area contributed by atoms with Crippen molar-refractivity contribution in [3.63, 3.8) is 0 Å². The molecule has 0 spiro atoms. The molecule has 1 saturated carbocycles. The van der Waals surface area contributed by atoms with Gasteiger partial charge in [0, 0.05) is 6.04 Å². The van der Waals surface area contributed by atoms with Crippen LogP contribution in [0, 0.1) is 0 Å². The van der Waals surface area contributed by atoms with E-state index in [4.69, 9.17) is 4.74 Å². The first-order chi connectivity index (χ1) is 9.06. The van der Waals surface area contributed by atoms with E-state index in [-0.39, 0.29) is 10.9 Å². The molecule has 106 valence electrons. The van der Waals surface area contributed by atoms with Gasteiger partial charge in [-0.15, -0.1) is 0 Å². The van der Waals surface area contributed by atoms with Gasteiger partial charge in [0.05, 0.1) is 7.11 Å². The summed E-state index contributed by atoms with van der Waals surface area (Å²) in [5.41, 5.74) is 0.993. The second-order valence-corrected chi connectivity index (χ2v) is 6.62. The minimum Gasteiger partial charge on any atom is -0.495 e. The lowest BCUT2D eigenvalue weighted by atomic mass is 10.2. The van der Waals surface area contributed by atoms with Crippen molar-refractivity contribution in [1.29, 1.82) is 0 Å². The second-order valence-electron chi connectivity index (χ2n) is 4.94. The number of hydrogen-bond donors (Lipinski definition) is 1. The largest absolute Gasteiger partial charge is 0.495 e. The smallest absolute Gasteiger partial charge is 0.244 e. The zero-order valence-electron chi connectivity index (χ0n) is 11.5. The molecule has 1 aromatic rings. The van der Waals surface area contributed by atoms with Crippen LogP contribution in [0.1, 0.15) is 38.2 Å². The van der Waals surface area contributed by atoms with Crippen molar-refractivity contribution < 1.29 is 13.2 Å². The molecule has 1 aliphatic rings. The maximum Gasteiger partial charge on any atom is 0.244 e. The molecule has 1 fully saturated rings. The van der Waals surface area contributed by atoms with Gasteiger partial charge in [0.15, 0.2) is 0 Å². The third kappa shape index (κ3) is 3.28. The van der Waals surface area contributed by atoms with Gasteiger partial charge in [-0.05, 0) is 37.0 Å². The molecule has 0 radical (unpaired) electrons. The summed E-state index contributed by atoms with van der Waals surface area (Å²) in [5.74, 6) is 0.405. The molecule has 5 heteroatoms. The highest BCUT2D eigenvalue weighted by molar-refractivity contribution is 7.89. The third-order valence-corrected chi connectivity index (χ3v) is 5.14. The molecular formula is C14H21NO3S. The SMILES string of the molecule is CCc1ccc(OC)c(S(=O)(=O)NC2CCCC2)c1. The van der Waals surface area contributed by atoms with Crippen LogP contribution in [-0.4, -0.2) is 21.6 Å². The normalized spacial score (nSPS) is 16.7. The van der Waals surface area contributed by atoms with Crippen LogP contribution < -0.4 is 9.46 Å². The minimum absolute atomic E-state index is 0.0694. The van der Waals surface area contributed by atoms with E-state index in [1.807, 2.05) is 13.0 Å². The second kappa shape index (κ2) is 5.92. The van der Waals surface area contributed by atoms with Crippen LogP contribution in [0.2, 0.25) is 0 Å². The molecule has 19 heavy (non-hydrogen) atoms. The molecular weight excluding hydrogens is 262 g/mol. The first-order valence-electron chi connectivity index (χ1n) is 6.76. The van der Waals surface area contributed by atoms with Crippen molar-refractivity contribution in [1.82, 2.24) is 4.72 Å². The Morgan fingerprint density at radius 3 is 2.58 bits per heavy atom. The molecule has 0 aromatic heterocycles. The van der Waals surface area contributed by atoms with Crippen molar-refractivity contribution in [3.05, 3.63) is 23.8 Å². The predicted octanol–water partition coefficient (Wildman–Crippen LogP) is 2.48. The molecule has 0 amide bonds. The number of benzene rings is 1. The van der Waals surface area contributed by atoms with Gasteiger partial charge in [0.2, 0.25) is 10.0 Å². The van der Waals surface area contributed by atoms with Gasteiger partial charge < -0.3 is 4.74 Å². The van der Waals surface area contributed by atoms with Crippen LogP contribution in [0.5, 0.6) is 5.75 Å². The van der Waals surface area contributed by atoms with Crippen molar-refractivity contribution in [2.24, 2.45) is 0 Å². The van der Waals surface area contributed by atoms with E-state index < -0.39 is 10.0 Å². The van der Waals surface area contributed by atoms with E-state index in [1.165, 1.54) is 7.11 Å². The minimum atomic E-state index is -3.49. The average Bonchev–Trinajstić information content (AvgIpc) is 2.90. The van der Waals surface area contributed by atoms with Gasteiger partial charge >= 0.3 is 0 Å². The van der Waals surface area contributed by atoms with E-state index in [1.54, 1.807) is 12.1 Å². The molecule has 1 aromatic carbocycles. The van der Waals surface area contributed by atoms with Crippen LogP contribution in [0.4, 0.5) is 0 Å². The predicted molar refractivity (Wildman–Crippen MR) is 74.9 cm³/mol. The van der Waals surface area contributed by atoms with Crippen LogP contribution in [0.15, 0.2) is 23.1 Å². The van der Waals surface area contributed by atoms with Crippen molar-refractivity contribution in [3.8, 4) is 5.75 Å². The van der Waals surface area contributed by atoms with Crippen LogP contribution in [0.25, 0.3) is 0 Å². The molecule has 0 bridgehead atoms. The first-order valence-corrected chi connectivity index (χ1v) is 8.24. The topological polar surface area (TPSA) is 55.4 Å². The summed E-state index contributed by atoms with van der Waals surface area (Å²) >= 11 is 0. The number of sulfonamides is 1. The zero-order chi connectivity index (χ0) is 13.9. The highest BCUT2D eigenvalue weighted by Crippen LogP contribution is 2.27. The van der Waals surface area contributed by atoms with E-state index in [2.05, 4.69) is 4.72 Å². The number of rotatable bonds is 5. The lowest BCUT2D eigenvalue weighted by Crippen LogP contribution is -2.32. The summed E-state index contributed by atoms with van der Waals surface area (Å²) < 4.78 is 32.9. The summed E-state index contributed by atoms with van der Waals surface area (Å²) in [6.45, 7) is 2.00. The number of methoxy groups -OCH3 is 1. The van der Waals surface area contributed by atoms with E-state index in [0.29, 0.717) is 5.75 Å². The lowest BCUT2D eigenvalue weighted by molar-refractivity contribution is 0.401. The van der Waals surface area contributed by atoms with Crippen molar-refractivity contribution in [2.75, 3.05) is 7.11 Å². The fourth-order valence-corrected chi connectivity index (χ4v) is 4.00. The Kier molecular flexibility index (Phi) is 4.47. The van der Waals surface area contributed by atoms with Crippen LogP contribution in [-0.2, 0) is 16.4 Å². The van der Waals surface area contributed by atoms with Gasteiger partial charge in [-0.3, -0.25) is 0 Å². The zero-order valence-corrected chi connectivity index (χ0v) is 12.3. The third-order valence-electron chi connectivity index (χ3n) is 3.60. The Morgan fingerprint density at radius 2 is 2.00 bits per heavy atom. The van der Waals surface area contributed by atoms with Gasteiger partial charge in [-0.25, -0.2) is 13.1 Å². The quantitative estimate of drug-likeness (QED) is 0.903. The Labute approximate surface area is 115 Å². The molecule has 2 rings (SSSR count). The molecule has 4 nitrogen and oxygen atoms in total. The highest BCUT2D eigenvalue weighted by Gasteiger charge is 2.25. The summed E-state index contributed by atoms with van der Waals surface area (Å²) in [6.07, 6.45) is 4.85.